The van der Waals surface area contributed by atoms with Gasteiger partial charge in [-0.1, -0.05) is 38.1 Å². The van der Waals surface area contributed by atoms with Crippen LogP contribution in [0.2, 0.25) is 0 Å². The SMILES string of the molecule is C=C(C)C(=O)OCc1cc(OC(=O)c2ccc(CCC)cc2)ccc1CCO. The lowest BCUT2D eigenvalue weighted by Crippen LogP contribution is -2.10. The number of ether oxygens (including phenoxy) is 2. The highest BCUT2D eigenvalue weighted by Gasteiger charge is 2.12. The molecule has 0 unspecified atom stereocenters. The Bertz CT molecular complexity index is 837. The number of aliphatic hydroxyl groups is 1. The molecular weight excluding hydrogens is 356 g/mol. The van der Waals surface area contributed by atoms with Crippen LogP contribution in [0.15, 0.2) is 54.6 Å². The molecule has 0 fully saturated rings. The van der Waals surface area contributed by atoms with Gasteiger partial charge in [-0.3, -0.25) is 0 Å². The van der Waals surface area contributed by atoms with Crippen molar-refractivity contribution in [1.82, 2.24) is 0 Å². The molecule has 0 amide bonds. The summed E-state index contributed by atoms with van der Waals surface area (Å²) in [5.41, 5.74) is 3.44. The van der Waals surface area contributed by atoms with Crippen molar-refractivity contribution >= 4 is 11.9 Å². The van der Waals surface area contributed by atoms with E-state index in [9.17, 15) is 14.7 Å². The van der Waals surface area contributed by atoms with E-state index in [1.54, 1.807) is 37.3 Å². The van der Waals surface area contributed by atoms with Crippen molar-refractivity contribution < 1.29 is 24.2 Å². The van der Waals surface area contributed by atoms with E-state index in [4.69, 9.17) is 9.47 Å². The summed E-state index contributed by atoms with van der Waals surface area (Å²) in [6.07, 6.45) is 2.42. The summed E-state index contributed by atoms with van der Waals surface area (Å²) in [5.74, 6) is -0.599. The fourth-order valence-corrected chi connectivity index (χ4v) is 2.69. The van der Waals surface area contributed by atoms with E-state index in [0.717, 1.165) is 18.4 Å². The van der Waals surface area contributed by atoms with Gasteiger partial charge in [0.05, 0.1) is 5.56 Å². The Labute approximate surface area is 165 Å². The van der Waals surface area contributed by atoms with Crippen LogP contribution in [-0.2, 0) is 29.0 Å². The number of benzene rings is 2. The third-order valence-corrected chi connectivity index (χ3v) is 4.20. The van der Waals surface area contributed by atoms with E-state index in [-0.39, 0.29) is 13.2 Å². The van der Waals surface area contributed by atoms with Gasteiger partial charge in [-0.15, -0.1) is 0 Å². The van der Waals surface area contributed by atoms with Crippen molar-refractivity contribution in [3.63, 3.8) is 0 Å². The second-order valence-electron chi connectivity index (χ2n) is 6.60. The van der Waals surface area contributed by atoms with Crippen molar-refractivity contribution in [3.8, 4) is 5.75 Å². The Hall–Kier alpha value is -2.92. The zero-order chi connectivity index (χ0) is 20.5. The lowest BCUT2D eigenvalue weighted by molar-refractivity contribution is -0.140. The minimum absolute atomic E-state index is 0.0120. The lowest BCUT2D eigenvalue weighted by Gasteiger charge is -2.12. The number of hydrogen-bond acceptors (Lipinski definition) is 5. The topological polar surface area (TPSA) is 72.8 Å². The summed E-state index contributed by atoms with van der Waals surface area (Å²) < 4.78 is 10.7. The molecule has 0 radical (unpaired) electrons. The van der Waals surface area contributed by atoms with Gasteiger partial charge in [-0.05, 0) is 60.7 Å². The number of aliphatic hydroxyl groups excluding tert-OH is 1. The molecule has 0 heterocycles. The molecule has 0 bridgehead atoms. The monoisotopic (exact) mass is 382 g/mol. The van der Waals surface area contributed by atoms with Crippen LogP contribution in [0.25, 0.3) is 0 Å². The van der Waals surface area contributed by atoms with Crippen LogP contribution >= 0.6 is 0 Å². The molecule has 0 aliphatic carbocycles. The van der Waals surface area contributed by atoms with Crippen LogP contribution in [0.3, 0.4) is 0 Å². The van der Waals surface area contributed by atoms with Gasteiger partial charge in [-0.25, -0.2) is 9.59 Å². The van der Waals surface area contributed by atoms with Crippen molar-refractivity contribution in [3.05, 3.63) is 76.9 Å². The van der Waals surface area contributed by atoms with Crippen molar-refractivity contribution in [2.75, 3.05) is 6.61 Å². The van der Waals surface area contributed by atoms with Crippen LogP contribution in [0.4, 0.5) is 0 Å². The van der Waals surface area contributed by atoms with Crippen molar-refractivity contribution in [1.29, 1.82) is 0 Å². The van der Waals surface area contributed by atoms with E-state index in [0.29, 0.717) is 28.9 Å². The van der Waals surface area contributed by atoms with E-state index in [2.05, 4.69) is 13.5 Å². The Kier molecular flexibility index (Phi) is 7.96. The highest BCUT2D eigenvalue weighted by molar-refractivity contribution is 5.91. The third kappa shape index (κ3) is 6.06. The average molecular weight is 382 g/mol. The molecule has 28 heavy (non-hydrogen) atoms. The van der Waals surface area contributed by atoms with Gasteiger partial charge in [0.2, 0.25) is 0 Å². The van der Waals surface area contributed by atoms with Gasteiger partial charge in [0, 0.05) is 12.2 Å². The molecule has 5 nitrogen and oxygen atoms in total. The summed E-state index contributed by atoms with van der Waals surface area (Å²) in [5, 5.41) is 9.23. The van der Waals surface area contributed by atoms with Crippen LogP contribution < -0.4 is 4.74 Å². The first-order valence-electron chi connectivity index (χ1n) is 9.31. The number of aryl methyl sites for hydroxylation is 1. The average Bonchev–Trinajstić information content (AvgIpc) is 2.68. The summed E-state index contributed by atoms with van der Waals surface area (Å²) >= 11 is 0. The summed E-state index contributed by atoms with van der Waals surface area (Å²) in [6.45, 7) is 7.20. The maximum atomic E-state index is 12.4. The molecule has 0 saturated heterocycles. The predicted octanol–water partition coefficient (Wildman–Crippen LogP) is 4.01. The normalized spacial score (nSPS) is 10.4. The second-order valence-corrected chi connectivity index (χ2v) is 6.60. The first kappa shape index (κ1) is 21.4. The summed E-state index contributed by atoms with van der Waals surface area (Å²) in [6, 6.07) is 12.4. The van der Waals surface area contributed by atoms with E-state index < -0.39 is 11.9 Å². The summed E-state index contributed by atoms with van der Waals surface area (Å²) in [4.78, 5) is 24.1. The highest BCUT2D eigenvalue weighted by Crippen LogP contribution is 2.21. The largest absolute Gasteiger partial charge is 0.457 e. The molecule has 0 spiro atoms. The van der Waals surface area contributed by atoms with Gasteiger partial charge in [0.25, 0.3) is 0 Å². The Balaban J connectivity index is 2.13. The van der Waals surface area contributed by atoms with E-state index in [1.807, 2.05) is 12.1 Å². The van der Waals surface area contributed by atoms with Crippen LogP contribution in [0, 0.1) is 0 Å². The van der Waals surface area contributed by atoms with Gasteiger partial charge in [0.15, 0.2) is 0 Å². The van der Waals surface area contributed by atoms with Crippen LogP contribution in [0.5, 0.6) is 5.75 Å². The molecule has 0 aromatic heterocycles. The highest BCUT2D eigenvalue weighted by atomic mass is 16.5. The standard InChI is InChI=1S/C23H26O5/c1-4-5-17-6-8-19(9-7-17)23(26)28-21-11-10-18(12-13-24)20(14-21)15-27-22(25)16(2)3/h6-11,14,24H,2,4-5,12-13,15H2,1,3H3. The maximum Gasteiger partial charge on any atom is 0.343 e. The molecule has 2 aromatic carbocycles. The van der Waals surface area contributed by atoms with Gasteiger partial charge < -0.3 is 14.6 Å². The first-order chi connectivity index (χ1) is 13.4. The quantitative estimate of drug-likeness (QED) is 0.403. The molecule has 2 aromatic rings. The molecule has 0 atom stereocenters. The van der Waals surface area contributed by atoms with Crippen molar-refractivity contribution in [2.45, 2.75) is 39.7 Å². The van der Waals surface area contributed by atoms with E-state index in [1.165, 1.54) is 5.56 Å². The molecule has 1 N–H and O–H groups in total. The molecule has 148 valence electrons. The Morgan fingerprint density at radius 1 is 1.04 bits per heavy atom. The molecule has 0 aliphatic heterocycles. The minimum Gasteiger partial charge on any atom is -0.457 e. The van der Waals surface area contributed by atoms with Gasteiger partial charge >= 0.3 is 11.9 Å². The number of carbonyl (C=O) groups excluding carboxylic acids is 2. The molecule has 0 aliphatic rings. The summed E-state index contributed by atoms with van der Waals surface area (Å²) in [7, 11) is 0. The van der Waals surface area contributed by atoms with Gasteiger partial charge in [0.1, 0.15) is 12.4 Å². The molecule has 0 saturated carbocycles. The number of hydrogen-bond donors (Lipinski definition) is 1. The fraction of sp³-hybridized carbons (Fsp3) is 0.304. The Morgan fingerprint density at radius 3 is 2.36 bits per heavy atom. The third-order valence-electron chi connectivity index (χ3n) is 4.20. The second kappa shape index (κ2) is 10.4. The van der Waals surface area contributed by atoms with Gasteiger partial charge in [-0.2, -0.15) is 0 Å². The smallest absolute Gasteiger partial charge is 0.343 e. The zero-order valence-electron chi connectivity index (χ0n) is 16.4. The van der Waals surface area contributed by atoms with Crippen LogP contribution in [0.1, 0.15) is 47.3 Å². The molecule has 5 heteroatoms. The molecule has 2 rings (SSSR count). The van der Waals surface area contributed by atoms with E-state index >= 15 is 0 Å². The predicted molar refractivity (Wildman–Crippen MR) is 107 cm³/mol. The molecular formula is C23H26O5. The van der Waals surface area contributed by atoms with Crippen LogP contribution in [-0.4, -0.2) is 23.7 Å². The maximum absolute atomic E-state index is 12.4. The van der Waals surface area contributed by atoms with Crippen molar-refractivity contribution in [2.24, 2.45) is 0 Å². The zero-order valence-corrected chi connectivity index (χ0v) is 16.4. The Morgan fingerprint density at radius 2 is 1.75 bits per heavy atom. The number of carbonyl (C=O) groups is 2. The minimum atomic E-state index is -0.496. The lowest BCUT2D eigenvalue weighted by atomic mass is 10.0. The first-order valence-corrected chi connectivity index (χ1v) is 9.31. The number of esters is 2. The fourth-order valence-electron chi connectivity index (χ4n) is 2.69. The number of rotatable bonds is 9.